The zero-order chi connectivity index (χ0) is 51.9. The molecule has 0 aliphatic heterocycles. The molecule has 0 fully saturated rings. The molecule has 0 saturated heterocycles. The van der Waals surface area contributed by atoms with E-state index < -0.39 is 0 Å². The van der Waals surface area contributed by atoms with Crippen molar-refractivity contribution < 1.29 is 37.3 Å². The topological polar surface area (TPSA) is 71.1 Å². The number of carbonyl (C=O) groups is 2. The minimum Gasteiger partial charge on any atom is -0.497 e. The van der Waals surface area contributed by atoms with Gasteiger partial charge >= 0.3 is 0 Å². The van der Waals surface area contributed by atoms with Gasteiger partial charge in [-0.3, -0.25) is 9.59 Å². The number of methoxy groups -OCH3 is 2. The number of hydrogen-bond acceptors (Lipinski definition) is 6. The Labute approximate surface area is 421 Å². The molecule has 0 aliphatic rings. The van der Waals surface area contributed by atoms with Crippen LogP contribution in [0.4, 0.5) is 8.78 Å². The lowest BCUT2D eigenvalue weighted by Gasteiger charge is -2.24. The van der Waals surface area contributed by atoms with Gasteiger partial charge in [0.1, 0.15) is 59.4 Å². The van der Waals surface area contributed by atoms with Crippen LogP contribution >= 0.6 is 0 Å². The summed E-state index contributed by atoms with van der Waals surface area (Å²) in [7, 11) is 3.16. The molecule has 1 unspecified atom stereocenters. The van der Waals surface area contributed by atoms with E-state index >= 15 is 0 Å². The van der Waals surface area contributed by atoms with Crippen molar-refractivity contribution in [2.24, 2.45) is 5.92 Å². The molecule has 0 amide bonds. The lowest BCUT2D eigenvalue weighted by molar-refractivity contribution is -0.120. The predicted octanol–water partition coefficient (Wildman–Crippen LogP) is 16.1. The number of ether oxygens (including phenoxy) is 4. The van der Waals surface area contributed by atoms with E-state index in [4.69, 9.17) is 18.9 Å². The molecule has 0 saturated carbocycles. The third kappa shape index (κ3) is 15.9. The Morgan fingerprint density at radius 3 is 1.42 bits per heavy atom. The lowest BCUT2D eigenvalue weighted by atomic mass is 9.81. The van der Waals surface area contributed by atoms with Crippen LogP contribution < -0.4 is 18.9 Å². The highest BCUT2D eigenvalue weighted by molar-refractivity contribution is 5.79. The van der Waals surface area contributed by atoms with Crippen LogP contribution in [0.15, 0.2) is 146 Å². The molecule has 374 valence electrons. The fourth-order valence-electron chi connectivity index (χ4n) is 8.44. The number of allylic oxidation sites excluding steroid dienone is 3. The monoisotopic (exact) mass is 963 g/mol. The van der Waals surface area contributed by atoms with Gasteiger partial charge in [-0.15, -0.1) is 6.58 Å². The maximum absolute atomic E-state index is 14.9. The second-order valence-electron chi connectivity index (χ2n) is 20.1. The van der Waals surface area contributed by atoms with Gasteiger partial charge in [0.15, 0.2) is 0 Å². The van der Waals surface area contributed by atoms with Gasteiger partial charge in [0.25, 0.3) is 0 Å². The second kappa shape index (κ2) is 25.4. The Balaban J connectivity index is 0.000000264. The Morgan fingerprint density at radius 2 is 1.03 bits per heavy atom. The summed E-state index contributed by atoms with van der Waals surface area (Å²) in [6.07, 6.45) is 8.78. The summed E-state index contributed by atoms with van der Waals surface area (Å²) in [5.74, 6) is 2.51. The van der Waals surface area contributed by atoms with Crippen LogP contribution in [-0.4, -0.2) is 25.8 Å². The van der Waals surface area contributed by atoms with Crippen LogP contribution in [0.25, 0.3) is 22.3 Å². The lowest BCUT2D eigenvalue weighted by Crippen LogP contribution is -2.13. The zero-order valence-corrected chi connectivity index (χ0v) is 43.6. The highest BCUT2D eigenvalue weighted by Crippen LogP contribution is 2.39. The number of rotatable bonds is 20. The molecule has 0 bridgehead atoms. The maximum atomic E-state index is 14.9. The SMILES string of the molecule is C=CCC(Cc1ccc(OCc2ccc(C(C)(C)C)c(-c3cc(OC)ccc3F)c2)cc1)C(C)=O.CC/C=C\[C@@H](CC(C)=O)c1ccc(OCc2ccc(C(C)(C)C)c(-c3cc(OC)ccc3F)c2)cc1. The average Bonchev–Trinajstić information content (AvgIpc) is 3.34. The molecule has 0 aromatic heterocycles. The van der Waals surface area contributed by atoms with Crippen LogP contribution in [0.3, 0.4) is 0 Å². The van der Waals surface area contributed by atoms with Crippen LogP contribution in [0.5, 0.6) is 23.0 Å². The van der Waals surface area contributed by atoms with Crippen molar-refractivity contribution in [3.8, 4) is 45.3 Å². The quantitative estimate of drug-likeness (QED) is 0.0710. The minimum absolute atomic E-state index is 0.0453. The van der Waals surface area contributed by atoms with E-state index in [1.165, 1.54) is 12.1 Å². The van der Waals surface area contributed by atoms with Gasteiger partial charge in [0.2, 0.25) is 0 Å². The first-order valence-electron chi connectivity index (χ1n) is 24.4. The third-order valence-corrected chi connectivity index (χ3v) is 12.4. The Kier molecular flexibility index (Phi) is 19.7. The fourth-order valence-corrected chi connectivity index (χ4v) is 8.44. The number of carbonyl (C=O) groups excluding carboxylic acids is 2. The first-order chi connectivity index (χ1) is 33.7. The molecule has 6 rings (SSSR count). The maximum Gasteiger partial charge on any atom is 0.133 e. The number of benzene rings is 6. The van der Waals surface area contributed by atoms with E-state index in [2.05, 4.69) is 79.3 Å². The molecule has 71 heavy (non-hydrogen) atoms. The molecule has 6 aromatic rings. The van der Waals surface area contributed by atoms with Crippen molar-refractivity contribution in [2.75, 3.05) is 14.2 Å². The van der Waals surface area contributed by atoms with E-state index in [0.717, 1.165) is 62.4 Å². The van der Waals surface area contributed by atoms with E-state index in [9.17, 15) is 18.4 Å². The number of hydrogen-bond donors (Lipinski definition) is 0. The van der Waals surface area contributed by atoms with Crippen molar-refractivity contribution >= 4 is 11.6 Å². The van der Waals surface area contributed by atoms with Crippen LogP contribution in [0.2, 0.25) is 0 Å². The van der Waals surface area contributed by atoms with E-state index in [0.29, 0.717) is 55.1 Å². The number of halogens is 2. The van der Waals surface area contributed by atoms with Gasteiger partial charge in [0, 0.05) is 29.4 Å². The molecule has 8 heteroatoms. The number of Topliss-reactive ketones (excluding diaryl/α,β-unsaturated/α-hetero) is 2. The molecule has 0 N–H and O–H groups in total. The van der Waals surface area contributed by atoms with Gasteiger partial charge in [-0.25, -0.2) is 8.78 Å². The molecular weight excluding hydrogens is 891 g/mol. The summed E-state index contributed by atoms with van der Waals surface area (Å²) in [6.45, 7) is 22.5. The smallest absolute Gasteiger partial charge is 0.133 e. The minimum atomic E-state index is -0.287. The molecule has 2 atom stereocenters. The first kappa shape index (κ1) is 55.1. The standard InChI is InChI=1S/C32H37FO3.C31H35FO3/c1-7-8-9-25(18-22(2)34)24-11-13-26(14-12-24)36-21-23-10-16-30(32(3,4)5)28(19-23)29-20-27(35-6)15-17-31(29)33;1-7-8-24(21(2)33)17-22-9-12-25(13-10-22)35-20-23-11-15-29(31(3,4)5)27(18-23)28-19-26(34-6)14-16-30(28)32/h8-17,19-20,25H,7,18,21H2,1-6H3;7,9-16,18-19,24H,1,8,17,20H2,2-6H3/b9-8-;/t25-;/m0./s1. The summed E-state index contributed by atoms with van der Waals surface area (Å²) >= 11 is 0. The number of ketones is 2. The fraction of sp³-hybridized carbons (Fsp3) is 0.333. The molecule has 6 nitrogen and oxygen atoms in total. The van der Waals surface area contributed by atoms with Gasteiger partial charge in [-0.05, 0) is 161 Å². The van der Waals surface area contributed by atoms with E-state index in [1.54, 1.807) is 58.4 Å². The van der Waals surface area contributed by atoms with Gasteiger partial charge in [-0.1, -0.05) is 115 Å². The highest BCUT2D eigenvalue weighted by atomic mass is 19.1. The van der Waals surface area contributed by atoms with Gasteiger partial charge in [-0.2, -0.15) is 0 Å². The van der Waals surface area contributed by atoms with Crippen LogP contribution in [0.1, 0.15) is 121 Å². The summed E-state index contributed by atoms with van der Waals surface area (Å²) in [5, 5.41) is 0. The highest BCUT2D eigenvalue weighted by Gasteiger charge is 2.23. The first-order valence-corrected chi connectivity index (χ1v) is 24.4. The van der Waals surface area contributed by atoms with Crippen molar-refractivity contribution in [1.29, 1.82) is 0 Å². The Bertz CT molecular complexity index is 2760. The molecule has 0 radical (unpaired) electrons. The zero-order valence-electron chi connectivity index (χ0n) is 43.6. The van der Waals surface area contributed by atoms with E-state index in [1.807, 2.05) is 72.8 Å². The normalized spacial score (nSPS) is 12.4. The van der Waals surface area contributed by atoms with E-state index in [-0.39, 0.29) is 45.9 Å². The summed E-state index contributed by atoms with van der Waals surface area (Å²) in [6, 6.07) is 37.6. The Hall–Kier alpha value is -6.80. The third-order valence-electron chi connectivity index (χ3n) is 12.4. The molecule has 0 spiro atoms. The molecule has 6 aromatic carbocycles. The summed E-state index contributed by atoms with van der Waals surface area (Å²) in [5.41, 5.74) is 8.56. The van der Waals surface area contributed by atoms with Crippen LogP contribution in [-0.2, 0) is 40.1 Å². The average molecular weight is 963 g/mol. The predicted molar refractivity (Wildman–Crippen MR) is 286 cm³/mol. The largest absolute Gasteiger partial charge is 0.497 e. The molecule has 0 aliphatic carbocycles. The van der Waals surface area contributed by atoms with Crippen molar-refractivity contribution in [1.82, 2.24) is 0 Å². The van der Waals surface area contributed by atoms with Crippen LogP contribution in [0, 0.1) is 17.6 Å². The van der Waals surface area contributed by atoms with Gasteiger partial charge in [0.05, 0.1) is 14.2 Å². The molecule has 0 heterocycles. The van der Waals surface area contributed by atoms with Crippen molar-refractivity contribution in [2.45, 2.75) is 118 Å². The second-order valence-corrected chi connectivity index (χ2v) is 20.1. The molecular formula is C63H72F2O6. The summed E-state index contributed by atoms with van der Waals surface area (Å²) < 4.78 is 52.5. The van der Waals surface area contributed by atoms with Gasteiger partial charge < -0.3 is 18.9 Å². The summed E-state index contributed by atoms with van der Waals surface area (Å²) in [4.78, 5) is 23.5. The Morgan fingerprint density at radius 1 is 0.592 bits per heavy atom. The van der Waals surface area contributed by atoms with Crippen molar-refractivity contribution in [3.63, 3.8) is 0 Å². The van der Waals surface area contributed by atoms with Crippen molar-refractivity contribution in [3.05, 3.63) is 191 Å².